The number of H-pyrrole nitrogens is 1. The largest absolute Gasteiger partial charge is 0.465 e. The first kappa shape index (κ1) is 17.7. The maximum atomic E-state index is 11.7. The van der Waals surface area contributed by atoms with E-state index in [9.17, 15) is 4.79 Å². The molecule has 1 aliphatic rings. The van der Waals surface area contributed by atoms with E-state index in [4.69, 9.17) is 4.74 Å². The van der Waals surface area contributed by atoms with E-state index in [1.165, 1.54) is 36.5 Å². The highest BCUT2D eigenvalue weighted by Gasteiger charge is 2.20. The highest BCUT2D eigenvalue weighted by Crippen LogP contribution is 2.24. The maximum absolute atomic E-state index is 11.7. The Bertz CT molecular complexity index is 934. The van der Waals surface area contributed by atoms with Gasteiger partial charge in [0.25, 0.3) is 0 Å². The SMILES string of the molecule is COC(=O)c1cccc(CN2CCCC(Cc3ccc4[nH]ncc4c3)C2)c1. The third-order valence-electron chi connectivity index (χ3n) is 5.39. The van der Waals surface area contributed by atoms with Gasteiger partial charge < -0.3 is 4.74 Å². The summed E-state index contributed by atoms with van der Waals surface area (Å²) in [5.74, 6) is 0.384. The van der Waals surface area contributed by atoms with Gasteiger partial charge in [-0.2, -0.15) is 5.10 Å². The minimum absolute atomic E-state index is 0.275. The van der Waals surface area contributed by atoms with Crippen molar-refractivity contribution in [3.05, 3.63) is 65.4 Å². The molecule has 3 aromatic rings. The highest BCUT2D eigenvalue weighted by molar-refractivity contribution is 5.89. The third kappa shape index (κ3) is 4.19. The number of carbonyl (C=O) groups is 1. The summed E-state index contributed by atoms with van der Waals surface area (Å²) in [7, 11) is 1.42. The van der Waals surface area contributed by atoms with E-state index >= 15 is 0 Å². The number of piperidine rings is 1. The molecule has 1 saturated heterocycles. The summed E-state index contributed by atoms with van der Waals surface area (Å²) in [6.45, 7) is 3.08. The molecule has 1 fully saturated rings. The van der Waals surface area contributed by atoms with Crippen molar-refractivity contribution in [1.82, 2.24) is 15.1 Å². The summed E-state index contributed by atoms with van der Waals surface area (Å²) in [4.78, 5) is 14.2. The number of rotatable bonds is 5. The van der Waals surface area contributed by atoms with Crippen molar-refractivity contribution in [3.63, 3.8) is 0 Å². The number of carbonyl (C=O) groups excluding carboxylic acids is 1. The molecule has 0 spiro atoms. The molecular weight excluding hydrogens is 338 g/mol. The first-order chi connectivity index (χ1) is 13.2. The van der Waals surface area contributed by atoms with Gasteiger partial charge in [-0.1, -0.05) is 18.2 Å². The van der Waals surface area contributed by atoms with Gasteiger partial charge in [-0.15, -0.1) is 0 Å². The number of methoxy groups -OCH3 is 1. The predicted molar refractivity (Wildman–Crippen MR) is 106 cm³/mol. The lowest BCUT2D eigenvalue weighted by atomic mass is 9.90. The number of aromatic amines is 1. The average Bonchev–Trinajstić information content (AvgIpc) is 3.16. The molecule has 0 saturated carbocycles. The van der Waals surface area contributed by atoms with Gasteiger partial charge in [-0.3, -0.25) is 10.00 Å². The summed E-state index contributed by atoms with van der Waals surface area (Å²) in [5.41, 5.74) is 4.26. The molecule has 5 nitrogen and oxygen atoms in total. The fourth-order valence-electron chi connectivity index (χ4n) is 4.09. The summed E-state index contributed by atoms with van der Waals surface area (Å²) in [6.07, 6.45) is 5.47. The molecule has 27 heavy (non-hydrogen) atoms. The molecule has 1 N–H and O–H groups in total. The molecule has 1 unspecified atom stereocenters. The van der Waals surface area contributed by atoms with Crippen molar-refractivity contribution in [2.75, 3.05) is 20.2 Å². The van der Waals surface area contributed by atoms with Gasteiger partial charge in [-0.05, 0) is 67.1 Å². The average molecular weight is 363 g/mol. The number of fused-ring (bicyclic) bond motifs is 1. The Morgan fingerprint density at radius 3 is 3.07 bits per heavy atom. The maximum Gasteiger partial charge on any atom is 0.337 e. The molecule has 140 valence electrons. The van der Waals surface area contributed by atoms with Crippen LogP contribution in [0.4, 0.5) is 0 Å². The molecule has 1 atom stereocenters. The van der Waals surface area contributed by atoms with Crippen molar-refractivity contribution in [2.24, 2.45) is 5.92 Å². The van der Waals surface area contributed by atoms with Crippen LogP contribution in [0.3, 0.4) is 0 Å². The number of esters is 1. The molecule has 1 aliphatic heterocycles. The Hall–Kier alpha value is -2.66. The van der Waals surface area contributed by atoms with Gasteiger partial charge in [0.15, 0.2) is 0 Å². The van der Waals surface area contributed by atoms with Gasteiger partial charge in [0, 0.05) is 18.5 Å². The summed E-state index contributed by atoms with van der Waals surface area (Å²) < 4.78 is 4.83. The number of hydrogen-bond acceptors (Lipinski definition) is 4. The van der Waals surface area contributed by atoms with E-state index in [1.54, 1.807) is 6.07 Å². The minimum atomic E-state index is -0.275. The second kappa shape index (κ2) is 7.92. The fraction of sp³-hybridized carbons (Fsp3) is 0.364. The first-order valence-electron chi connectivity index (χ1n) is 9.53. The predicted octanol–water partition coefficient (Wildman–Crippen LogP) is 3.80. The van der Waals surface area contributed by atoms with Crippen LogP contribution in [0, 0.1) is 5.92 Å². The highest BCUT2D eigenvalue weighted by atomic mass is 16.5. The number of hydrogen-bond donors (Lipinski definition) is 1. The molecule has 0 radical (unpaired) electrons. The second-order valence-electron chi connectivity index (χ2n) is 7.43. The van der Waals surface area contributed by atoms with Crippen LogP contribution in [0.5, 0.6) is 0 Å². The van der Waals surface area contributed by atoms with Crippen molar-refractivity contribution in [1.29, 1.82) is 0 Å². The van der Waals surface area contributed by atoms with Crippen molar-refractivity contribution in [3.8, 4) is 0 Å². The third-order valence-corrected chi connectivity index (χ3v) is 5.39. The van der Waals surface area contributed by atoms with E-state index in [-0.39, 0.29) is 5.97 Å². The number of benzene rings is 2. The van der Waals surface area contributed by atoms with Crippen LogP contribution in [-0.4, -0.2) is 41.3 Å². The lowest BCUT2D eigenvalue weighted by molar-refractivity contribution is 0.0600. The molecule has 2 heterocycles. The Labute approximate surface area is 159 Å². The standard InChI is InChI=1S/C22H25N3O2/c1-27-22(26)19-6-2-4-18(12-19)15-25-9-3-5-17(14-25)10-16-7-8-21-20(11-16)13-23-24-21/h2,4,6-8,11-13,17H,3,5,9-10,14-15H2,1H3,(H,23,24). The van der Waals surface area contributed by atoms with Gasteiger partial charge in [0.2, 0.25) is 0 Å². The van der Waals surface area contributed by atoms with Crippen LogP contribution >= 0.6 is 0 Å². The van der Waals surface area contributed by atoms with Crippen LogP contribution in [0.2, 0.25) is 0 Å². The van der Waals surface area contributed by atoms with Crippen molar-refractivity contribution < 1.29 is 9.53 Å². The van der Waals surface area contributed by atoms with Crippen molar-refractivity contribution in [2.45, 2.75) is 25.8 Å². The first-order valence-corrected chi connectivity index (χ1v) is 9.53. The molecule has 2 aromatic carbocycles. The van der Waals surface area contributed by atoms with Crippen LogP contribution in [0.1, 0.15) is 34.3 Å². The Morgan fingerprint density at radius 2 is 2.19 bits per heavy atom. The molecule has 5 heteroatoms. The second-order valence-corrected chi connectivity index (χ2v) is 7.43. The Balaban J connectivity index is 1.40. The van der Waals surface area contributed by atoms with E-state index < -0.39 is 0 Å². The smallest absolute Gasteiger partial charge is 0.337 e. The number of aromatic nitrogens is 2. The Morgan fingerprint density at radius 1 is 1.26 bits per heavy atom. The molecule has 1 aromatic heterocycles. The minimum Gasteiger partial charge on any atom is -0.465 e. The monoisotopic (exact) mass is 363 g/mol. The zero-order valence-corrected chi connectivity index (χ0v) is 15.6. The number of likely N-dealkylation sites (tertiary alicyclic amines) is 1. The van der Waals surface area contributed by atoms with E-state index in [0.717, 1.165) is 31.6 Å². The van der Waals surface area contributed by atoms with Gasteiger partial charge in [-0.25, -0.2) is 4.79 Å². The van der Waals surface area contributed by atoms with E-state index in [2.05, 4.69) is 39.4 Å². The number of nitrogens with zero attached hydrogens (tertiary/aromatic N) is 2. The van der Waals surface area contributed by atoms with Gasteiger partial charge in [0.05, 0.1) is 24.4 Å². The molecule has 0 bridgehead atoms. The zero-order chi connectivity index (χ0) is 18.6. The summed E-state index contributed by atoms with van der Waals surface area (Å²) in [5, 5.41) is 8.30. The normalized spacial score (nSPS) is 17.9. The quantitative estimate of drug-likeness (QED) is 0.701. The van der Waals surface area contributed by atoms with E-state index in [1.807, 2.05) is 18.3 Å². The number of ether oxygens (including phenoxy) is 1. The number of nitrogens with one attached hydrogen (secondary N) is 1. The molecule has 0 aliphatic carbocycles. The summed E-state index contributed by atoms with van der Waals surface area (Å²) in [6, 6.07) is 14.3. The lowest BCUT2D eigenvalue weighted by Crippen LogP contribution is -2.35. The molecule has 0 amide bonds. The van der Waals surface area contributed by atoms with Gasteiger partial charge >= 0.3 is 5.97 Å². The van der Waals surface area contributed by atoms with Crippen LogP contribution < -0.4 is 0 Å². The van der Waals surface area contributed by atoms with Gasteiger partial charge in [0.1, 0.15) is 0 Å². The van der Waals surface area contributed by atoms with E-state index in [0.29, 0.717) is 11.5 Å². The lowest BCUT2D eigenvalue weighted by Gasteiger charge is -2.33. The topological polar surface area (TPSA) is 58.2 Å². The summed E-state index contributed by atoms with van der Waals surface area (Å²) >= 11 is 0. The van der Waals surface area contributed by atoms with Crippen LogP contribution in [-0.2, 0) is 17.7 Å². The molecule has 4 rings (SSSR count). The van der Waals surface area contributed by atoms with Crippen molar-refractivity contribution >= 4 is 16.9 Å². The molecular formula is C22H25N3O2. The zero-order valence-electron chi connectivity index (χ0n) is 15.6. The fourth-order valence-corrected chi connectivity index (χ4v) is 4.09. The van der Waals surface area contributed by atoms with Crippen LogP contribution in [0.15, 0.2) is 48.7 Å². The Kier molecular flexibility index (Phi) is 5.21. The van der Waals surface area contributed by atoms with Crippen LogP contribution in [0.25, 0.3) is 10.9 Å².